The van der Waals surface area contributed by atoms with E-state index in [2.05, 4.69) is 15.5 Å². The molecular formula is C43H37F5N8O5S. The number of amides is 3. The molecule has 3 amide bonds. The summed E-state index contributed by atoms with van der Waals surface area (Å²) in [5.41, 5.74) is -2.47. The van der Waals surface area contributed by atoms with Gasteiger partial charge in [0.1, 0.15) is 23.8 Å². The highest BCUT2D eigenvalue weighted by Crippen LogP contribution is 2.40. The van der Waals surface area contributed by atoms with Gasteiger partial charge in [0.25, 0.3) is 17.4 Å². The van der Waals surface area contributed by atoms with Crippen LogP contribution < -0.4 is 20.7 Å². The summed E-state index contributed by atoms with van der Waals surface area (Å²) in [6, 6.07) is 19.6. The van der Waals surface area contributed by atoms with Crippen LogP contribution in [0.5, 0.6) is 0 Å². The number of fused-ring (bicyclic) bond motifs is 1. The van der Waals surface area contributed by atoms with E-state index < -0.39 is 46.3 Å². The van der Waals surface area contributed by atoms with Crippen molar-refractivity contribution in [3.05, 3.63) is 129 Å². The molecule has 2 fully saturated rings. The van der Waals surface area contributed by atoms with Gasteiger partial charge in [0.05, 0.1) is 51.8 Å². The number of ether oxygens (including phenoxy) is 1. The Kier molecular flexibility index (Phi) is 12.1. The zero-order valence-corrected chi connectivity index (χ0v) is 34.0. The predicted molar refractivity (Wildman–Crippen MR) is 223 cm³/mol. The van der Waals surface area contributed by atoms with Crippen LogP contribution >= 0.6 is 12.2 Å². The van der Waals surface area contributed by atoms with Gasteiger partial charge in [-0.1, -0.05) is 24.3 Å². The van der Waals surface area contributed by atoms with Crippen LogP contribution in [0.3, 0.4) is 0 Å². The lowest BCUT2D eigenvalue weighted by molar-refractivity contribution is -0.138. The third-order valence-corrected chi connectivity index (χ3v) is 11.0. The second-order valence-electron chi connectivity index (χ2n) is 15.0. The average Bonchev–Trinajstić information content (AvgIpc) is 3.43. The maximum atomic E-state index is 15.4. The second-order valence-corrected chi connectivity index (χ2v) is 15.4. The van der Waals surface area contributed by atoms with Crippen LogP contribution in [0, 0.1) is 23.0 Å². The third-order valence-electron chi connectivity index (χ3n) is 10.7. The van der Waals surface area contributed by atoms with E-state index in [9.17, 15) is 42.0 Å². The number of piperazine rings is 1. The van der Waals surface area contributed by atoms with E-state index in [1.165, 1.54) is 64.9 Å². The number of anilines is 3. The lowest BCUT2D eigenvalue weighted by Crippen LogP contribution is -2.51. The molecule has 320 valence electrons. The molecule has 2 aliphatic rings. The number of nitriles is 1. The number of carbonyl (C=O) groups excluding carboxylic acids is 3. The summed E-state index contributed by atoms with van der Waals surface area (Å²) in [5, 5.41) is 19.6. The normalized spacial score (nSPS) is 15.3. The fourth-order valence-electron chi connectivity index (χ4n) is 7.43. The number of hydrogen-bond acceptors (Lipinski definition) is 9. The Morgan fingerprint density at radius 2 is 1.61 bits per heavy atom. The number of rotatable bonds is 11. The van der Waals surface area contributed by atoms with E-state index in [1.807, 2.05) is 0 Å². The Balaban J connectivity index is 0.887. The molecule has 0 spiro atoms. The van der Waals surface area contributed by atoms with Crippen LogP contribution in [-0.4, -0.2) is 94.3 Å². The van der Waals surface area contributed by atoms with E-state index in [4.69, 9.17) is 17.0 Å². The summed E-state index contributed by atoms with van der Waals surface area (Å²) >= 11 is 5.53. The predicted octanol–water partition coefficient (Wildman–Crippen LogP) is 6.01. The van der Waals surface area contributed by atoms with Crippen LogP contribution in [0.4, 0.5) is 39.0 Å². The van der Waals surface area contributed by atoms with Crippen LogP contribution in [0.1, 0.15) is 46.6 Å². The molecule has 7 rings (SSSR count). The van der Waals surface area contributed by atoms with Gasteiger partial charge >= 0.3 is 6.18 Å². The molecule has 3 heterocycles. The molecule has 2 saturated heterocycles. The molecule has 2 aliphatic heterocycles. The molecule has 1 aromatic heterocycles. The second kappa shape index (κ2) is 17.3. The first-order valence-corrected chi connectivity index (χ1v) is 19.6. The molecule has 19 heteroatoms. The van der Waals surface area contributed by atoms with Crippen molar-refractivity contribution in [3.8, 4) is 6.07 Å². The van der Waals surface area contributed by atoms with Crippen LogP contribution in [0.25, 0.3) is 10.8 Å². The molecule has 0 unspecified atom stereocenters. The highest BCUT2D eigenvalue weighted by atomic mass is 32.1. The standard InChI is InChI=1S/C43H37F5N8O5S/c1-42(2)40(60)55(27-9-8-26(23-49)32(21-27)43(46,47)48)41(62)56(42)28-10-12-35(34(45)22-28)50-13-18-61-24-37(57)53-14-16-54(17-15-53)39(59)31-19-25(7-11-33(31)44)20-36-29-5-3-4-6-30(29)38(58)52-51-36/h3-12,19,21-22,50H,13-18,20,24H2,1-2H3,(H,52,58). The molecule has 0 atom stereocenters. The number of nitrogens with one attached hydrogen (secondary N) is 2. The Labute approximate surface area is 356 Å². The van der Waals surface area contributed by atoms with Crippen LogP contribution in [0.2, 0.25) is 0 Å². The summed E-state index contributed by atoms with van der Waals surface area (Å²) in [6.07, 6.45) is -4.62. The maximum Gasteiger partial charge on any atom is 0.417 e. The molecule has 0 bridgehead atoms. The van der Waals surface area contributed by atoms with Crippen molar-refractivity contribution in [1.29, 1.82) is 5.26 Å². The summed E-state index contributed by atoms with van der Waals surface area (Å²) in [6.45, 7) is 3.55. The number of benzene rings is 4. The number of carbonyl (C=O) groups is 3. The Hall–Kier alpha value is -6.78. The molecule has 0 aliphatic carbocycles. The maximum absolute atomic E-state index is 15.4. The van der Waals surface area contributed by atoms with Crippen molar-refractivity contribution in [2.75, 3.05) is 61.1 Å². The van der Waals surface area contributed by atoms with Crippen molar-refractivity contribution in [3.63, 3.8) is 0 Å². The number of halogens is 5. The number of aromatic nitrogens is 2. The summed E-state index contributed by atoms with van der Waals surface area (Å²) in [5.74, 6) is -2.92. The van der Waals surface area contributed by atoms with Gasteiger partial charge in [-0.2, -0.15) is 23.5 Å². The monoisotopic (exact) mass is 872 g/mol. The average molecular weight is 873 g/mol. The molecule has 5 aromatic rings. The summed E-state index contributed by atoms with van der Waals surface area (Å²) in [7, 11) is 0. The SMILES string of the molecule is CC1(C)C(=O)N(c2ccc(C#N)c(C(F)(F)F)c2)C(=S)N1c1ccc(NCCOCC(=O)N2CCN(C(=O)c3cc(Cc4n[nH]c(=O)c5ccccc45)ccc3F)CC2)c(F)c1. The molecule has 4 aromatic carbocycles. The summed E-state index contributed by atoms with van der Waals surface area (Å²) < 4.78 is 76.9. The van der Waals surface area contributed by atoms with Gasteiger partial charge in [-0.05, 0) is 86.2 Å². The van der Waals surface area contributed by atoms with Crippen molar-refractivity contribution in [1.82, 2.24) is 20.0 Å². The van der Waals surface area contributed by atoms with Crippen molar-refractivity contribution in [2.45, 2.75) is 32.0 Å². The minimum Gasteiger partial charge on any atom is -0.380 e. The van der Waals surface area contributed by atoms with Gasteiger partial charge in [-0.15, -0.1) is 0 Å². The number of alkyl halides is 3. The van der Waals surface area contributed by atoms with Gasteiger partial charge < -0.3 is 24.8 Å². The van der Waals surface area contributed by atoms with E-state index >= 15 is 4.39 Å². The number of thiocarbonyl (C=S) groups is 1. The highest BCUT2D eigenvalue weighted by molar-refractivity contribution is 7.81. The number of aromatic amines is 1. The highest BCUT2D eigenvalue weighted by Gasteiger charge is 2.51. The van der Waals surface area contributed by atoms with Crippen LogP contribution in [0.15, 0.2) is 83.7 Å². The Morgan fingerprint density at radius 1 is 0.919 bits per heavy atom. The Bertz CT molecular complexity index is 2710. The quantitative estimate of drug-likeness (QED) is 0.0917. The number of hydrogen-bond donors (Lipinski definition) is 2. The molecule has 62 heavy (non-hydrogen) atoms. The van der Waals surface area contributed by atoms with E-state index in [0.717, 1.165) is 17.0 Å². The molecular weight excluding hydrogens is 836 g/mol. The Morgan fingerprint density at radius 3 is 2.31 bits per heavy atom. The zero-order chi connectivity index (χ0) is 44.5. The van der Waals surface area contributed by atoms with Gasteiger partial charge in [-0.3, -0.25) is 24.1 Å². The van der Waals surface area contributed by atoms with Gasteiger partial charge in [0.2, 0.25) is 5.91 Å². The van der Waals surface area contributed by atoms with Crippen molar-refractivity contribution in [2.24, 2.45) is 0 Å². The fraction of sp³-hybridized carbons (Fsp3) is 0.279. The largest absolute Gasteiger partial charge is 0.417 e. The third kappa shape index (κ3) is 8.56. The zero-order valence-electron chi connectivity index (χ0n) is 33.2. The lowest BCUT2D eigenvalue weighted by atomic mass is 10.0. The van der Waals surface area contributed by atoms with Crippen LogP contribution in [-0.2, 0) is 26.9 Å². The van der Waals surface area contributed by atoms with Gasteiger partial charge in [0.15, 0.2) is 5.11 Å². The molecule has 2 N–H and O–H groups in total. The molecule has 0 saturated carbocycles. The minimum absolute atomic E-state index is 0.0165. The molecule has 0 radical (unpaired) electrons. The van der Waals surface area contributed by atoms with Crippen molar-refractivity contribution >= 4 is 62.9 Å². The van der Waals surface area contributed by atoms with Gasteiger partial charge in [0, 0.05) is 50.2 Å². The number of H-pyrrole nitrogens is 1. The van der Waals surface area contributed by atoms with E-state index in [1.54, 1.807) is 30.3 Å². The van der Waals surface area contributed by atoms with E-state index in [0.29, 0.717) is 28.1 Å². The number of nitrogens with zero attached hydrogens (tertiary/aromatic N) is 6. The first-order valence-electron chi connectivity index (χ1n) is 19.2. The molecule has 13 nitrogen and oxygen atoms in total. The lowest BCUT2D eigenvalue weighted by Gasteiger charge is -2.34. The smallest absolute Gasteiger partial charge is 0.380 e. The summed E-state index contributed by atoms with van der Waals surface area (Å²) in [4.78, 5) is 57.3. The first kappa shape index (κ1) is 43.3. The van der Waals surface area contributed by atoms with E-state index in [-0.39, 0.29) is 91.6 Å². The first-order chi connectivity index (χ1) is 29.5. The van der Waals surface area contributed by atoms with Gasteiger partial charge in [-0.25, -0.2) is 13.9 Å². The fourth-order valence-corrected chi connectivity index (χ4v) is 7.95. The minimum atomic E-state index is -4.86. The topological polar surface area (TPSA) is 155 Å². The van der Waals surface area contributed by atoms with Crippen molar-refractivity contribution < 1.29 is 41.1 Å².